The second kappa shape index (κ2) is 42.7. The van der Waals surface area contributed by atoms with E-state index in [9.17, 15) is 22.0 Å². The van der Waals surface area contributed by atoms with Crippen molar-refractivity contribution in [3.05, 3.63) is 235 Å². The first-order chi connectivity index (χ1) is 61.9. The number of rotatable bonds is 26. The molecule has 12 heterocycles. The molecule has 0 radical (unpaired) electrons. The Bertz CT molecular complexity index is 6660. The average molecular weight is 1750 g/mol. The molecule has 128 heavy (non-hydrogen) atoms. The first-order valence-corrected chi connectivity index (χ1v) is 40.0. The molecule has 0 aliphatic rings. The number of hydrogen-bond acceptors (Lipinski definition) is 37. The maximum absolute atomic E-state index is 13.8. The Labute approximate surface area is 724 Å². The number of methoxy groups -OCH3 is 2. The van der Waals surface area contributed by atoms with Crippen molar-refractivity contribution in [3.63, 3.8) is 0 Å². The van der Waals surface area contributed by atoms with Crippen molar-refractivity contribution >= 4 is 79.3 Å². The Morgan fingerprint density at radius 3 is 1.05 bits per heavy atom. The van der Waals surface area contributed by atoms with Gasteiger partial charge in [-0.05, 0) is 181 Å². The monoisotopic (exact) mass is 1750 g/mol. The molecule has 37 nitrogen and oxygen atoms in total. The fraction of sp³-hybridized carbons (Fsp3) is 0.302. The Morgan fingerprint density at radius 2 is 0.672 bits per heavy atom. The molecular weight excluding hydrogens is 1670 g/mol. The zero-order valence-electron chi connectivity index (χ0n) is 71.3. The third-order valence-corrected chi connectivity index (χ3v) is 18.5. The number of ether oxygens (including phenoxy) is 6. The van der Waals surface area contributed by atoms with Crippen molar-refractivity contribution in [1.29, 1.82) is 0 Å². The number of unbranched alkanes of at least 4 members (excludes halogenated alkanes) is 2. The van der Waals surface area contributed by atoms with Crippen LogP contribution in [0, 0.1) is 46.3 Å². The van der Waals surface area contributed by atoms with E-state index in [1.807, 2.05) is 94.2 Å². The highest BCUT2D eigenvalue weighted by Gasteiger charge is 2.30. The molecule has 0 amide bonds. The number of aromatic nitrogens is 24. The van der Waals surface area contributed by atoms with E-state index in [4.69, 9.17) is 28.4 Å². The summed E-state index contributed by atoms with van der Waals surface area (Å²) in [7, 11) is 4.91. The first kappa shape index (κ1) is 90.2. The molecule has 0 bridgehead atoms. The number of halogens is 5. The summed E-state index contributed by atoms with van der Waals surface area (Å²) in [6.45, 7) is 17.6. The Kier molecular flexibility index (Phi) is 30.1. The molecule has 0 aliphatic carbocycles. The first-order valence-electron chi connectivity index (χ1n) is 40.0. The van der Waals surface area contributed by atoms with Gasteiger partial charge < -0.3 is 33.3 Å². The van der Waals surface area contributed by atoms with Gasteiger partial charge in [0.2, 0.25) is 97.2 Å². The Morgan fingerprint density at radius 1 is 0.352 bits per heavy atom. The quantitative estimate of drug-likeness (QED) is 0.0359. The molecule has 0 saturated carbocycles. The van der Waals surface area contributed by atoms with Crippen LogP contribution < -0.4 is 33.3 Å². The van der Waals surface area contributed by atoms with Gasteiger partial charge in [-0.1, -0.05) is 164 Å². The lowest BCUT2D eigenvalue weighted by Crippen LogP contribution is -2.20. The second-order valence-electron chi connectivity index (χ2n) is 29.0. The van der Waals surface area contributed by atoms with Crippen molar-refractivity contribution in [2.45, 2.75) is 132 Å². The maximum atomic E-state index is 13.8. The van der Waals surface area contributed by atoms with Crippen molar-refractivity contribution in [2.75, 3.05) is 46.0 Å². The van der Waals surface area contributed by atoms with Crippen molar-refractivity contribution < 1.29 is 78.1 Å². The Hall–Kier alpha value is -15.6. The average Bonchev–Trinajstić information content (AvgIpc) is 1.49. The largest absolute Gasteiger partial charge is 0.480 e. The van der Waals surface area contributed by atoms with Crippen molar-refractivity contribution in [1.82, 2.24) is 122 Å². The van der Waals surface area contributed by atoms with E-state index in [0.29, 0.717) is 130 Å². The van der Waals surface area contributed by atoms with Crippen LogP contribution >= 0.6 is 0 Å². The van der Waals surface area contributed by atoms with Gasteiger partial charge in [0.05, 0.1) is 33.5 Å². The van der Waals surface area contributed by atoms with Crippen LogP contribution in [0.15, 0.2) is 167 Å². The van der Waals surface area contributed by atoms with Crippen molar-refractivity contribution in [3.8, 4) is 35.3 Å². The molecule has 18 rings (SSSR count). The van der Waals surface area contributed by atoms with E-state index in [0.717, 1.165) is 70.6 Å². The molecule has 18 aromatic rings. The fourth-order valence-corrected chi connectivity index (χ4v) is 11.8. The van der Waals surface area contributed by atoms with E-state index in [-0.39, 0.29) is 70.4 Å². The highest BCUT2D eigenvalue weighted by Crippen LogP contribution is 2.33. The molecule has 660 valence electrons. The van der Waals surface area contributed by atoms with Gasteiger partial charge >= 0.3 is 6.18 Å². The highest BCUT2D eigenvalue weighted by molar-refractivity contribution is 5.73. The van der Waals surface area contributed by atoms with Crippen LogP contribution in [-0.2, 0) is 32.1 Å². The summed E-state index contributed by atoms with van der Waals surface area (Å²) < 4.78 is 125. The standard InChI is InChI=1S/C16H18N4O2.C15H15FN4O2.C15H16N4O2.C14H11F3N4O2.C13H11FN4O2.C13H13N5O2/c1-3-4-9-21-16-13(10-12-7-5-11(2)6-8-12)17-14-15(18-16)20-22-19-14;1-2-3-8-21-15-12(9-10-6-4-5-7-11(10)16)17-13-14(18-15)20-22-19-13;1-9(2)20-15-12(8-11-6-4-10(3)5-7-11)16-13-14(17-15)19-21-18-13;1-8-2-4-9(5-3-8)6-10-13(22-7-14(15,16)17)19-12-11(18-10)20-23-21-12;1-7-3-4-8(5-9(7)14)6-10-13(19-2)16-12-11(15-10)17-20-18-12;1-8-4-6-9(7-5-8)18(2)12-13(19-3)15-11-10(14-12)16-20-17-11/h5-8H,3-4,9-10H2,1-2H3;4-7H,2-3,8-9H2,1H3;4-7,9H,8H2,1-3H3;2-5H,6-7H2,1H3;3-5H,6H2,1-2H3;4-7H,1-3H3. The summed E-state index contributed by atoms with van der Waals surface area (Å²) >= 11 is 0. The van der Waals surface area contributed by atoms with Crippen LogP contribution in [0.4, 0.5) is 33.5 Å². The fourth-order valence-electron chi connectivity index (χ4n) is 11.8. The lowest BCUT2D eigenvalue weighted by Gasteiger charge is -2.19. The molecule has 0 fully saturated rings. The highest BCUT2D eigenvalue weighted by atomic mass is 19.4. The maximum Gasteiger partial charge on any atom is 0.422 e. The summed E-state index contributed by atoms with van der Waals surface area (Å²) in [6.07, 6.45) is 1.64. The number of alkyl halides is 3. The summed E-state index contributed by atoms with van der Waals surface area (Å²) in [5.41, 5.74) is 17.0. The third-order valence-electron chi connectivity index (χ3n) is 18.5. The van der Waals surface area contributed by atoms with Gasteiger partial charge in [0.25, 0.3) is 5.88 Å². The van der Waals surface area contributed by atoms with Crippen LogP contribution in [0.25, 0.3) is 67.8 Å². The third kappa shape index (κ3) is 24.5. The SMILES string of the molecule is CCCCOc1nc2nonc2nc1Cc1ccc(C)cc1.CCCCOc1nc2nonc2nc1Cc1ccccc1F.COc1nc2nonc2nc1Cc1ccc(C)c(F)c1.COc1nc2nonc2nc1N(C)c1ccc(C)cc1.Cc1ccc(Cc2nc3nonc3nc2OC(C)C)cc1.Cc1ccc(Cc2nc3nonc3nc2OCC(F)(F)F)cc1. The summed E-state index contributed by atoms with van der Waals surface area (Å²) in [6, 6.07) is 43.8. The van der Waals surface area contributed by atoms with Crippen LogP contribution in [0.1, 0.15) is 137 Å². The van der Waals surface area contributed by atoms with Gasteiger partial charge in [-0.15, -0.1) is 0 Å². The number of nitrogens with zero attached hydrogens (tertiary/aromatic N) is 25. The van der Waals surface area contributed by atoms with Crippen molar-refractivity contribution in [2.24, 2.45) is 0 Å². The predicted molar refractivity (Wildman–Crippen MR) is 450 cm³/mol. The van der Waals surface area contributed by atoms with Crippen LogP contribution in [0.5, 0.6) is 35.3 Å². The van der Waals surface area contributed by atoms with Gasteiger partial charge in [0.15, 0.2) is 12.4 Å². The van der Waals surface area contributed by atoms with Gasteiger partial charge in [0, 0.05) is 44.8 Å². The molecule has 0 unspecified atom stereocenters. The van der Waals surface area contributed by atoms with Crippen LogP contribution in [0.2, 0.25) is 0 Å². The van der Waals surface area contributed by atoms with Crippen LogP contribution in [0.3, 0.4) is 0 Å². The molecule has 0 aliphatic heterocycles. The smallest absolute Gasteiger partial charge is 0.422 e. The second-order valence-corrected chi connectivity index (χ2v) is 29.0. The minimum atomic E-state index is -4.47. The Balaban J connectivity index is 0.000000131. The van der Waals surface area contributed by atoms with Gasteiger partial charge in [-0.25, -0.2) is 61.5 Å². The molecule has 12 aromatic heterocycles. The topological polar surface area (TPSA) is 447 Å². The summed E-state index contributed by atoms with van der Waals surface area (Å²) in [5.74, 6) is 1.82. The van der Waals surface area contributed by atoms with E-state index >= 15 is 0 Å². The normalized spacial score (nSPS) is 11.1. The van der Waals surface area contributed by atoms with E-state index in [1.54, 1.807) is 31.2 Å². The summed E-state index contributed by atoms with van der Waals surface area (Å²) in [5, 5.41) is 43.9. The molecule has 0 spiro atoms. The molecule has 0 N–H and O–H groups in total. The van der Waals surface area contributed by atoms with Gasteiger partial charge in [-0.3, -0.25) is 0 Å². The lowest BCUT2D eigenvalue weighted by atomic mass is 10.1. The minimum absolute atomic E-state index is 0.00479. The predicted octanol–water partition coefficient (Wildman–Crippen LogP) is 15.7. The van der Waals surface area contributed by atoms with E-state index in [2.05, 4.69) is 226 Å². The molecule has 0 atom stereocenters. The zero-order chi connectivity index (χ0) is 90.2. The van der Waals surface area contributed by atoms with E-state index in [1.165, 1.54) is 43.0 Å². The number of hydrogen-bond donors (Lipinski definition) is 0. The summed E-state index contributed by atoms with van der Waals surface area (Å²) in [4.78, 5) is 53.1. The van der Waals surface area contributed by atoms with Crippen LogP contribution in [-0.4, -0.2) is 175 Å². The molecule has 0 saturated heterocycles. The zero-order valence-corrected chi connectivity index (χ0v) is 71.3. The van der Waals surface area contributed by atoms with Gasteiger partial charge in [-0.2, -0.15) is 48.1 Å². The van der Waals surface area contributed by atoms with Gasteiger partial charge in [0.1, 0.15) is 40.1 Å². The molecule has 6 aromatic carbocycles. The number of benzene rings is 6. The molecule has 42 heteroatoms. The number of fused-ring (bicyclic) bond motifs is 6. The number of aryl methyl sites for hydroxylation is 5. The minimum Gasteiger partial charge on any atom is -0.480 e. The number of anilines is 2. The lowest BCUT2D eigenvalue weighted by molar-refractivity contribution is -0.154. The van der Waals surface area contributed by atoms with E-state index < -0.39 is 12.8 Å². The molecular formula is C86H84F5N25O12.